The van der Waals surface area contributed by atoms with Crippen molar-refractivity contribution >= 4 is 11.6 Å². The van der Waals surface area contributed by atoms with E-state index in [2.05, 4.69) is 6.92 Å². The molecule has 0 heterocycles. The maximum atomic E-state index is 13.2. The van der Waals surface area contributed by atoms with Gasteiger partial charge in [-0.25, -0.2) is 0 Å². The number of fused-ring (bicyclic) bond motifs is 3. The third-order valence-corrected chi connectivity index (χ3v) is 8.83. The van der Waals surface area contributed by atoms with Crippen molar-refractivity contribution in [2.45, 2.75) is 72.0 Å². The zero-order chi connectivity index (χ0) is 17.7. The van der Waals surface area contributed by atoms with Gasteiger partial charge in [0.2, 0.25) is 0 Å². The van der Waals surface area contributed by atoms with E-state index >= 15 is 0 Å². The van der Waals surface area contributed by atoms with Gasteiger partial charge in [-0.15, -0.1) is 0 Å². The molecule has 0 aromatic rings. The molecule has 4 aliphatic carbocycles. The average Bonchev–Trinajstić information content (AvgIpc) is 2.64. The van der Waals surface area contributed by atoms with Crippen molar-refractivity contribution in [3.63, 3.8) is 0 Å². The Morgan fingerprint density at radius 1 is 1.04 bits per heavy atom. The van der Waals surface area contributed by atoms with E-state index in [0.29, 0.717) is 12.8 Å². The topological polar surface area (TPSA) is 74.6 Å². The van der Waals surface area contributed by atoms with Crippen LogP contribution in [-0.2, 0) is 9.59 Å². The molecule has 24 heavy (non-hydrogen) atoms. The molecule has 4 saturated carbocycles. The second-order valence-electron chi connectivity index (χ2n) is 9.78. The van der Waals surface area contributed by atoms with Crippen LogP contribution < -0.4 is 0 Å². The van der Waals surface area contributed by atoms with Crippen molar-refractivity contribution in [3.05, 3.63) is 0 Å². The summed E-state index contributed by atoms with van der Waals surface area (Å²) in [5.74, 6) is 0.219. The van der Waals surface area contributed by atoms with Crippen LogP contribution in [0.5, 0.6) is 0 Å². The van der Waals surface area contributed by atoms with Crippen LogP contribution in [0, 0.1) is 39.9 Å². The Labute approximate surface area is 144 Å². The Kier molecular flexibility index (Phi) is 3.27. The Bertz CT molecular complexity index is 611. The Morgan fingerprint density at radius 3 is 2.38 bits per heavy atom. The molecule has 4 aliphatic rings. The summed E-state index contributed by atoms with van der Waals surface area (Å²) < 4.78 is 0. The van der Waals surface area contributed by atoms with Gasteiger partial charge in [0.05, 0.1) is 17.6 Å². The highest BCUT2D eigenvalue weighted by Gasteiger charge is 2.74. The Hall–Kier alpha value is -0.740. The predicted octanol–water partition coefficient (Wildman–Crippen LogP) is 2.35. The molecule has 0 unspecified atom stereocenters. The molecule has 0 aliphatic heterocycles. The summed E-state index contributed by atoms with van der Waals surface area (Å²) in [6, 6.07) is 0. The van der Waals surface area contributed by atoms with Crippen LogP contribution in [0.2, 0.25) is 0 Å². The van der Waals surface area contributed by atoms with Crippen molar-refractivity contribution in [3.8, 4) is 0 Å². The number of carbonyl (C=O) groups is 2. The van der Waals surface area contributed by atoms with Crippen LogP contribution in [0.25, 0.3) is 0 Å². The maximum Gasteiger partial charge on any atom is 0.147 e. The zero-order valence-corrected chi connectivity index (χ0v) is 15.2. The molecule has 0 amide bonds. The Balaban J connectivity index is 1.87. The first kappa shape index (κ1) is 16.7. The molecule has 4 rings (SSSR count). The van der Waals surface area contributed by atoms with E-state index in [1.165, 1.54) is 0 Å². The van der Waals surface area contributed by atoms with Gasteiger partial charge in [0.25, 0.3) is 0 Å². The number of hydrogen-bond acceptors (Lipinski definition) is 4. The van der Waals surface area contributed by atoms with E-state index in [1.807, 2.05) is 20.8 Å². The fourth-order valence-corrected chi connectivity index (χ4v) is 7.51. The van der Waals surface area contributed by atoms with Crippen LogP contribution in [0.1, 0.15) is 59.8 Å². The minimum Gasteiger partial charge on any atom is -0.392 e. The quantitative estimate of drug-likeness (QED) is 0.713. The third-order valence-electron chi connectivity index (χ3n) is 8.83. The van der Waals surface area contributed by atoms with Crippen LogP contribution in [0.3, 0.4) is 0 Å². The lowest BCUT2D eigenvalue weighted by molar-refractivity contribution is -0.222. The molecule has 0 aromatic heterocycles. The number of Topliss-reactive ketones (excluding diaryl/α,β-unsaturated/α-hetero) is 2. The lowest BCUT2D eigenvalue weighted by atomic mass is 9.39. The number of rotatable bonds is 0. The monoisotopic (exact) mass is 334 g/mol. The number of carbonyl (C=O) groups excluding carboxylic acids is 2. The van der Waals surface area contributed by atoms with E-state index in [-0.39, 0.29) is 40.7 Å². The second-order valence-corrected chi connectivity index (χ2v) is 9.78. The molecule has 4 heteroatoms. The van der Waals surface area contributed by atoms with E-state index in [1.54, 1.807) is 0 Å². The largest absolute Gasteiger partial charge is 0.392 e. The van der Waals surface area contributed by atoms with E-state index < -0.39 is 23.0 Å². The van der Waals surface area contributed by atoms with Gasteiger partial charge in [-0.1, -0.05) is 27.7 Å². The van der Waals surface area contributed by atoms with Crippen molar-refractivity contribution < 1.29 is 19.8 Å². The molecule has 4 fully saturated rings. The minimum absolute atomic E-state index is 0.0122. The minimum atomic E-state index is -0.996. The first-order valence-corrected chi connectivity index (χ1v) is 9.53. The van der Waals surface area contributed by atoms with Crippen molar-refractivity contribution in [2.75, 3.05) is 0 Å². The predicted molar refractivity (Wildman–Crippen MR) is 89.1 cm³/mol. The van der Waals surface area contributed by atoms with Crippen LogP contribution in [0.15, 0.2) is 0 Å². The molecule has 134 valence electrons. The molecular formula is C20H30O4. The Morgan fingerprint density at radius 2 is 1.71 bits per heavy atom. The van der Waals surface area contributed by atoms with Gasteiger partial charge in [0.1, 0.15) is 11.6 Å². The molecular weight excluding hydrogens is 304 g/mol. The summed E-state index contributed by atoms with van der Waals surface area (Å²) >= 11 is 0. The summed E-state index contributed by atoms with van der Waals surface area (Å²) in [5, 5.41) is 22.2. The van der Waals surface area contributed by atoms with Gasteiger partial charge < -0.3 is 10.2 Å². The average molecular weight is 334 g/mol. The van der Waals surface area contributed by atoms with Crippen LogP contribution in [-0.4, -0.2) is 34.0 Å². The first-order chi connectivity index (χ1) is 11.1. The smallest absolute Gasteiger partial charge is 0.147 e. The highest BCUT2D eigenvalue weighted by atomic mass is 16.3. The first-order valence-electron chi connectivity index (χ1n) is 9.53. The summed E-state index contributed by atoms with van der Waals surface area (Å²) in [5.41, 5.74) is -1.63. The number of aliphatic hydroxyl groups is 2. The van der Waals surface area contributed by atoms with Gasteiger partial charge in [0.15, 0.2) is 0 Å². The molecule has 0 aromatic carbocycles. The number of hydrogen-bond donors (Lipinski definition) is 2. The normalized spacial score (nSPS) is 55.9. The van der Waals surface area contributed by atoms with Crippen molar-refractivity contribution in [1.29, 1.82) is 0 Å². The summed E-state index contributed by atoms with van der Waals surface area (Å²) in [4.78, 5) is 25.7. The van der Waals surface area contributed by atoms with Gasteiger partial charge in [-0.05, 0) is 48.9 Å². The zero-order valence-electron chi connectivity index (χ0n) is 15.2. The molecule has 4 nitrogen and oxygen atoms in total. The molecule has 0 radical (unpaired) electrons. The molecule has 0 saturated heterocycles. The second kappa shape index (κ2) is 4.70. The van der Waals surface area contributed by atoms with Gasteiger partial charge in [0, 0.05) is 17.8 Å². The third kappa shape index (κ3) is 1.58. The number of ketones is 2. The van der Waals surface area contributed by atoms with Crippen LogP contribution >= 0.6 is 0 Å². The molecule has 2 bridgehead atoms. The summed E-state index contributed by atoms with van der Waals surface area (Å²) in [6.45, 7) is 8.14. The fourth-order valence-electron chi connectivity index (χ4n) is 7.51. The fraction of sp³-hybridized carbons (Fsp3) is 0.900. The lowest BCUT2D eigenvalue weighted by Crippen LogP contribution is -2.68. The van der Waals surface area contributed by atoms with Gasteiger partial charge >= 0.3 is 0 Å². The molecule has 1 spiro atoms. The number of aliphatic hydroxyl groups excluding tert-OH is 2. The lowest BCUT2D eigenvalue weighted by Gasteiger charge is -2.64. The van der Waals surface area contributed by atoms with E-state index in [0.717, 1.165) is 19.3 Å². The van der Waals surface area contributed by atoms with Crippen molar-refractivity contribution in [2.24, 2.45) is 39.9 Å². The van der Waals surface area contributed by atoms with Crippen molar-refractivity contribution in [1.82, 2.24) is 0 Å². The highest BCUT2D eigenvalue weighted by molar-refractivity contribution is 5.92. The van der Waals surface area contributed by atoms with Gasteiger partial charge in [-0.2, -0.15) is 0 Å². The summed E-state index contributed by atoms with van der Waals surface area (Å²) in [6.07, 6.45) is 1.95. The standard InChI is InChI=1S/C20H30O4/c1-10-11-5-6-12-19(4)8-7-14(21)18(2,3)13(19)9-15(22)20(12,16(10)23)17(11)24/h10-13,15,17,22,24H,5-9H2,1-4H3/t10-,11+,12+,13-,15-,17-,19+,20+/m1/s1. The van der Waals surface area contributed by atoms with E-state index in [9.17, 15) is 19.8 Å². The maximum absolute atomic E-state index is 13.2. The SMILES string of the molecule is C[C@H]1C(=O)[C@@]23[C@H](O)C[C@@H]4C(C)(C)C(=O)CC[C@@]4(C)[C@@H]2CC[C@@H]1[C@H]3O. The molecule has 8 atom stereocenters. The summed E-state index contributed by atoms with van der Waals surface area (Å²) in [7, 11) is 0. The highest BCUT2D eigenvalue weighted by Crippen LogP contribution is 2.70. The van der Waals surface area contributed by atoms with Gasteiger partial charge in [-0.3, -0.25) is 9.59 Å². The van der Waals surface area contributed by atoms with E-state index in [4.69, 9.17) is 0 Å². The van der Waals surface area contributed by atoms with Crippen LogP contribution in [0.4, 0.5) is 0 Å². The molecule has 2 N–H and O–H groups in total.